The van der Waals surface area contributed by atoms with Gasteiger partial charge in [-0.05, 0) is 43.6 Å². The van der Waals surface area contributed by atoms with Gasteiger partial charge in [0.2, 0.25) is 5.95 Å². The van der Waals surface area contributed by atoms with Gasteiger partial charge in [-0.25, -0.2) is 9.97 Å². The minimum absolute atomic E-state index is 0.00178. The molecular formula is C12H16BrN5O. The van der Waals surface area contributed by atoms with Crippen molar-refractivity contribution in [1.82, 2.24) is 19.5 Å². The van der Waals surface area contributed by atoms with Crippen molar-refractivity contribution in [2.24, 2.45) is 0 Å². The van der Waals surface area contributed by atoms with Gasteiger partial charge in [0.05, 0.1) is 5.69 Å². The first-order valence-electron chi connectivity index (χ1n) is 6.16. The van der Waals surface area contributed by atoms with E-state index in [4.69, 9.17) is 0 Å². The molecule has 19 heavy (non-hydrogen) atoms. The molecular weight excluding hydrogens is 310 g/mol. The molecule has 0 saturated carbocycles. The third-order valence-corrected chi connectivity index (χ3v) is 3.24. The lowest BCUT2D eigenvalue weighted by molar-refractivity contribution is 0.589. The lowest BCUT2D eigenvalue weighted by Gasteiger charge is -2.14. The maximum Gasteiger partial charge on any atom is 0.285 e. The SMILES string of the molecule is CCNc1nc(C)c2nc(Br)c(=O)n(C(C)C)c2n1. The summed E-state index contributed by atoms with van der Waals surface area (Å²) in [5.41, 5.74) is 1.77. The molecule has 0 saturated heterocycles. The molecule has 0 amide bonds. The van der Waals surface area contributed by atoms with E-state index in [9.17, 15) is 4.79 Å². The fourth-order valence-corrected chi connectivity index (χ4v) is 2.28. The first-order chi connectivity index (χ1) is 8.95. The van der Waals surface area contributed by atoms with E-state index in [0.717, 1.165) is 12.2 Å². The monoisotopic (exact) mass is 325 g/mol. The molecule has 0 aliphatic carbocycles. The van der Waals surface area contributed by atoms with Crippen molar-refractivity contribution in [2.45, 2.75) is 33.7 Å². The number of nitrogens with zero attached hydrogens (tertiary/aromatic N) is 4. The van der Waals surface area contributed by atoms with Gasteiger partial charge in [0.25, 0.3) is 5.56 Å². The van der Waals surface area contributed by atoms with Crippen LogP contribution in [-0.4, -0.2) is 26.1 Å². The molecule has 0 aromatic carbocycles. The summed E-state index contributed by atoms with van der Waals surface area (Å²) in [4.78, 5) is 25.2. The molecule has 102 valence electrons. The molecule has 0 atom stereocenters. The summed E-state index contributed by atoms with van der Waals surface area (Å²) < 4.78 is 1.92. The molecule has 6 nitrogen and oxygen atoms in total. The van der Waals surface area contributed by atoms with Crippen LogP contribution in [0.2, 0.25) is 0 Å². The van der Waals surface area contributed by atoms with Crippen LogP contribution in [0.4, 0.5) is 5.95 Å². The molecule has 0 aliphatic heterocycles. The van der Waals surface area contributed by atoms with Crippen LogP contribution in [0.25, 0.3) is 11.2 Å². The Kier molecular flexibility index (Phi) is 3.84. The van der Waals surface area contributed by atoms with Gasteiger partial charge < -0.3 is 5.32 Å². The molecule has 0 radical (unpaired) electrons. The number of anilines is 1. The summed E-state index contributed by atoms with van der Waals surface area (Å²) >= 11 is 3.20. The Morgan fingerprint density at radius 2 is 2.00 bits per heavy atom. The molecule has 0 fully saturated rings. The molecule has 2 rings (SSSR count). The quantitative estimate of drug-likeness (QED) is 0.937. The van der Waals surface area contributed by atoms with Crippen LogP contribution in [-0.2, 0) is 0 Å². The predicted molar refractivity (Wildman–Crippen MR) is 78.6 cm³/mol. The molecule has 1 N–H and O–H groups in total. The number of nitrogens with one attached hydrogen (secondary N) is 1. The molecule has 0 spiro atoms. The first kappa shape index (κ1) is 13.9. The molecule has 2 aromatic rings. The number of fused-ring (bicyclic) bond motifs is 1. The number of hydrogen-bond acceptors (Lipinski definition) is 5. The van der Waals surface area contributed by atoms with Crippen LogP contribution in [0.3, 0.4) is 0 Å². The smallest absolute Gasteiger partial charge is 0.285 e. The lowest BCUT2D eigenvalue weighted by Crippen LogP contribution is -2.25. The van der Waals surface area contributed by atoms with E-state index < -0.39 is 0 Å². The third-order valence-electron chi connectivity index (χ3n) is 2.72. The van der Waals surface area contributed by atoms with E-state index in [1.54, 1.807) is 4.57 Å². The van der Waals surface area contributed by atoms with Gasteiger partial charge in [0.15, 0.2) is 10.3 Å². The Morgan fingerprint density at radius 1 is 1.32 bits per heavy atom. The van der Waals surface area contributed by atoms with Crippen LogP contribution < -0.4 is 10.9 Å². The minimum atomic E-state index is -0.178. The standard InChI is InChI=1S/C12H16BrN5O/c1-5-14-12-15-7(4)8-10(17-12)18(6(2)3)11(19)9(13)16-8/h6H,5H2,1-4H3,(H,14,15,17). The second-order valence-corrected chi connectivity index (χ2v) is 5.26. The minimum Gasteiger partial charge on any atom is -0.354 e. The Labute approximate surface area is 119 Å². The van der Waals surface area contributed by atoms with E-state index in [2.05, 4.69) is 36.2 Å². The van der Waals surface area contributed by atoms with Gasteiger partial charge in [0, 0.05) is 12.6 Å². The van der Waals surface area contributed by atoms with Gasteiger partial charge in [-0.3, -0.25) is 9.36 Å². The molecule has 2 heterocycles. The molecule has 2 aromatic heterocycles. The van der Waals surface area contributed by atoms with Gasteiger partial charge in [-0.15, -0.1) is 0 Å². The molecule has 7 heteroatoms. The van der Waals surface area contributed by atoms with Gasteiger partial charge in [0.1, 0.15) is 5.52 Å². The number of halogens is 1. The largest absolute Gasteiger partial charge is 0.354 e. The zero-order chi connectivity index (χ0) is 14.2. The van der Waals surface area contributed by atoms with Crippen LogP contribution in [0, 0.1) is 6.92 Å². The average Bonchev–Trinajstić information content (AvgIpc) is 2.32. The summed E-state index contributed by atoms with van der Waals surface area (Å²) in [6, 6.07) is -0.00178. The van der Waals surface area contributed by atoms with E-state index in [0.29, 0.717) is 17.1 Å². The highest BCUT2D eigenvalue weighted by molar-refractivity contribution is 9.10. The Bertz CT molecular complexity index is 680. The van der Waals surface area contributed by atoms with Crippen molar-refractivity contribution in [1.29, 1.82) is 0 Å². The fourth-order valence-electron chi connectivity index (χ4n) is 1.91. The van der Waals surface area contributed by atoms with Gasteiger partial charge in [-0.2, -0.15) is 4.98 Å². The second kappa shape index (κ2) is 5.24. The third kappa shape index (κ3) is 2.47. The van der Waals surface area contributed by atoms with Crippen molar-refractivity contribution in [2.75, 3.05) is 11.9 Å². The maximum absolute atomic E-state index is 12.2. The van der Waals surface area contributed by atoms with Crippen molar-refractivity contribution < 1.29 is 0 Å². The van der Waals surface area contributed by atoms with E-state index in [-0.39, 0.29) is 16.2 Å². The summed E-state index contributed by atoms with van der Waals surface area (Å²) in [5, 5.41) is 3.06. The summed E-state index contributed by atoms with van der Waals surface area (Å²) in [6.07, 6.45) is 0. The zero-order valence-electron chi connectivity index (χ0n) is 11.4. The van der Waals surface area contributed by atoms with Crippen LogP contribution >= 0.6 is 15.9 Å². The summed E-state index contributed by atoms with van der Waals surface area (Å²) in [7, 11) is 0. The highest BCUT2D eigenvalue weighted by atomic mass is 79.9. The molecule has 0 aliphatic rings. The van der Waals surface area contributed by atoms with Crippen molar-refractivity contribution in [3.05, 3.63) is 20.7 Å². The van der Waals surface area contributed by atoms with Crippen molar-refractivity contribution >= 4 is 33.0 Å². The molecule has 0 bridgehead atoms. The van der Waals surface area contributed by atoms with E-state index >= 15 is 0 Å². The number of aryl methyl sites for hydroxylation is 1. The highest BCUT2D eigenvalue weighted by Gasteiger charge is 2.16. The number of aromatic nitrogens is 4. The first-order valence-corrected chi connectivity index (χ1v) is 6.95. The molecule has 0 unspecified atom stereocenters. The van der Waals surface area contributed by atoms with Crippen LogP contribution in [0.5, 0.6) is 0 Å². The maximum atomic E-state index is 12.2. The van der Waals surface area contributed by atoms with Crippen LogP contribution in [0.15, 0.2) is 9.40 Å². The van der Waals surface area contributed by atoms with Crippen molar-refractivity contribution in [3.8, 4) is 0 Å². The Morgan fingerprint density at radius 3 is 2.58 bits per heavy atom. The van der Waals surface area contributed by atoms with Crippen molar-refractivity contribution in [3.63, 3.8) is 0 Å². The lowest BCUT2D eigenvalue weighted by atomic mass is 10.3. The topological polar surface area (TPSA) is 72.7 Å². The van der Waals surface area contributed by atoms with E-state index in [1.807, 2.05) is 27.7 Å². The van der Waals surface area contributed by atoms with Gasteiger partial charge in [-0.1, -0.05) is 0 Å². The summed E-state index contributed by atoms with van der Waals surface area (Å²) in [5.74, 6) is 0.519. The predicted octanol–water partition coefficient (Wildman–Crippen LogP) is 2.27. The van der Waals surface area contributed by atoms with E-state index in [1.165, 1.54) is 0 Å². The van der Waals surface area contributed by atoms with Crippen LogP contribution in [0.1, 0.15) is 32.5 Å². The normalized spacial score (nSPS) is 11.3. The number of rotatable bonds is 3. The summed E-state index contributed by atoms with van der Waals surface area (Å²) in [6.45, 7) is 8.44. The zero-order valence-corrected chi connectivity index (χ0v) is 12.9. The highest BCUT2D eigenvalue weighted by Crippen LogP contribution is 2.18. The second-order valence-electron chi connectivity index (χ2n) is 4.51. The fraction of sp³-hybridized carbons (Fsp3) is 0.500. The Hall–Kier alpha value is -1.50. The average molecular weight is 326 g/mol. The number of hydrogen-bond donors (Lipinski definition) is 1. The Balaban J connectivity index is 2.88. The van der Waals surface area contributed by atoms with Gasteiger partial charge >= 0.3 is 0 Å².